The topological polar surface area (TPSA) is 66.5 Å². The second-order valence-corrected chi connectivity index (χ2v) is 9.58. The van der Waals surface area contributed by atoms with E-state index in [-0.39, 0.29) is 17.3 Å². The highest BCUT2D eigenvalue weighted by atomic mass is 32.2. The molecule has 2 aromatic carbocycles. The summed E-state index contributed by atoms with van der Waals surface area (Å²) in [5, 5.41) is 0. The summed E-state index contributed by atoms with van der Waals surface area (Å²) >= 11 is 0. The molecule has 0 unspecified atom stereocenters. The van der Waals surface area contributed by atoms with Gasteiger partial charge in [0.15, 0.2) is 0 Å². The fourth-order valence-electron chi connectivity index (χ4n) is 3.73. The molecular weight excluding hydrogens is 396 g/mol. The van der Waals surface area contributed by atoms with Gasteiger partial charge in [0.05, 0.1) is 11.4 Å². The van der Waals surface area contributed by atoms with Crippen molar-refractivity contribution in [3.63, 3.8) is 0 Å². The van der Waals surface area contributed by atoms with Gasteiger partial charge < -0.3 is 4.90 Å². The second kappa shape index (κ2) is 9.92. The van der Waals surface area contributed by atoms with Crippen LogP contribution in [0.25, 0.3) is 0 Å². The summed E-state index contributed by atoms with van der Waals surface area (Å²) in [6.07, 6.45) is 9.31. The molecule has 0 saturated carbocycles. The number of hydrogen-bond donors (Lipinski definition) is 1. The summed E-state index contributed by atoms with van der Waals surface area (Å²) in [5.74, 6) is 2.82. The van der Waals surface area contributed by atoms with Crippen LogP contribution in [-0.4, -0.2) is 38.9 Å². The number of carbonyl (C=O) groups is 1. The first kappa shape index (κ1) is 22.1. The number of carbonyl (C=O) groups excluding carboxylic acids is 1. The van der Waals surface area contributed by atoms with Crippen molar-refractivity contribution < 1.29 is 13.2 Å². The van der Waals surface area contributed by atoms with Crippen molar-refractivity contribution >= 4 is 15.9 Å². The zero-order valence-corrected chi connectivity index (χ0v) is 18.1. The number of benzene rings is 2. The van der Waals surface area contributed by atoms with E-state index in [9.17, 15) is 13.2 Å². The first-order valence-electron chi connectivity index (χ1n) is 10.3. The largest absolute Gasteiger partial charge is 0.339 e. The Kier molecular flexibility index (Phi) is 7.30. The molecule has 0 spiro atoms. The Morgan fingerprint density at radius 3 is 2.33 bits per heavy atom. The third-order valence-electron chi connectivity index (χ3n) is 5.64. The van der Waals surface area contributed by atoms with Gasteiger partial charge in [0.25, 0.3) is 5.91 Å². The third kappa shape index (κ3) is 5.71. The zero-order valence-electron chi connectivity index (χ0n) is 17.3. The number of hydrogen-bond acceptors (Lipinski definition) is 3. The lowest BCUT2D eigenvalue weighted by atomic mass is 9.90. The van der Waals surface area contributed by atoms with E-state index in [1.54, 1.807) is 12.1 Å². The quantitative estimate of drug-likeness (QED) is 0.693. The molecule has 0 aliphatic carbocycles. The van der Waals surface area contributed by atoms with Crippen molar-refractivity contribution in [3.8, 4) is 12.3 Å². The first-order chi connectivity index (χ1) is 14.4. The van der Waals surface area contributed by atoms with Crippen molar-refractivity contribution in [1.29, 1.82) is 0 Å². The van der Waals surface area contributed by atoms with Crippen LogP contribution < -0.4 is 4.72 Å². The normalized spacial score (nSPS) is 15.0. The summed E-state index contributed by atoms with van der Waals surface area (Å²) < 4.78 is 26.5. The van der Waals surface area contributed by atoms with Crippen molar-refractivity contribution in [2.24, 2.45) is 5.92 Å². The van der Waals surface area contributed by atoms with Gasteiger partial charge in [0.2, 0.25) is 10.0 Å². The van der Waals surface area contributed by atoms with Crippen LogP contribution in [0.2, 0.25) is 0 Å². The first-order valence-corrected chi connectivity index (χ1v) is 11.8. The number of nitrogens with one attached hydrogen (secondary N) is 1. The van der Waals surface area contributed by atoms with Crippen molar-refractivity contribution in [3.05, 3.63) is 65.2 Å². The fraction of sp³-hybridized carbons (Fsp3) is 0.375. The number of piperidine rings is 1. The fourth-order valence-corrected chi connectivity index (χ4v) is 4.66. The summed E-state index contributed by atoms with van der Waals surface area (Å²) in [6, 6.07) is 14.7. The molecule has 1 saturated heterocycles. The highest BCUT2D eigenvalue weighted by Crippen LogP contribution is 2.24. The van der Waals surface area contributed by atoms with E-state index in [0.29, 0.717) is 11.5 Å². The Morgan fingerprint density at radius 1 is 1.10 bits per heavy atom. The lowest BCUT2D eigenvalue weighted by molar-refractivity contribution is 0.0687. The predicted molar refractivity (Wildman–Crippen MR) is 119 cm³/mol. The van der Waals surface area contributed by atoms with E-state index in [4.69, 9.17) is 6.42 Å². The molecule has 0 radical (unpaired) electrons. The van der Waals surface area contributed by atoms with E-state index in [0.717, 1.165) is 38.8 Å². The van der Waals surface area contributed by atoms with Gasteiger partial charge in [-0.15, -0.1) is 6.42 Å². The lowest BCUT2D eigenvalue weighted by Crippen LogP contribution is -2.38. The Labute approximate surface area is 179 Å². The standard InChI is InChI=1S/C24H28N2O3S/c1-3-16-25-30(28,29)23-12-10-22(11-13-23)24(27)26-17-14-21(15-18-26)9-8-20-6-4-19(2)5-7-20/h1,4-7,10-13,21,25H,8-9,14-18H2,2H3. The van der Waals surface area contributed by atoms with Gasteiger partial charge in [-0.05, 0) is 68.4 Å². The molecule has 0 bridgehead atoms. The Balaban J connectivity index is 1.51. The highest BCUT2D eigenvalue weighted by molar-refractivity contribution is 7.89. The maximum Gasteiger partial charge on any atom is 0.253 e. The predicted octanol–water partition coefficient (Wildman–Crippen LogP) is 3.39. The van der Waals surface area contributed by atoms with Crippen LogP contribution in [0.1, 0.15) is 40.7 Å². The number of terminal acetylenes is 1. The molecule has 6 heteroatoms. The van der Waals surface area contributed by atoms with Crippen LogP contribution in [0.5, 0.6) is 0 Å². The SMILES string of the molecule is C#CCNS(=O)(=O)c1ccc(C(=O)N2CCC(CCc3ccc(C)cc3)CC2)cc1. The average molecular weight is 425 g/mol. The van der Waals surface area contributed by atoms with Gasteiger partial charge in [0, 0.05) is 18.7 Å². The lowest BCUT2D eigenvalue weighted by Gasteiger charge is -2.32. The Hall–Kier alpha value is -2.62. The molecule has 1 amide bonds. The van der Waals surface area contributed by atoms with Gasteiger partial charge in [0.1, 0.15) is 0 Å². The molecule has 1 heterocycles. The molecule has 1 fully saturated rings. The smallest absolute Gasteiger partial charge is 0.253 e. The van der Waals surface area contributed by atoms with Crippen LogP contribution in [-0.2, 0) is 16.4 Å². The van der Waals surface area contributed by atoms with Gasteiger partial charge >= 0.3 is 0 Å². The number of nitrogens with zero attached hydrogens (tertiary/aromatic N) is 1. The minimum absolute atomic E-state index is 0.0486. The summed E-state index contributed by atoms with van der Waals surface area (Å²) in [4.78, 5) is 14.7. The van der Waals surface area contributed by atoms with Crippen LogP contribution in [0, 0.1) is 25.2 Å². The summed E-state index contributed by atoms with van der Waals surface area (Å²) in [6.45, 7) is 3.50. The number of rotatable bonds is 7. The van der Waals surface area contributed by atoms with Crippen molar-refractivity contribution in [2.45, 2.75) is 37.5 Å². The van der Waals surface area contributed by atoms with Gasteiger partial charge in [-0.25, -0.2) is 8.42 Å². The van der Waals surface area contributed by atoms with E-state index in [1.165, 1.54) is 23.3 Å². The van der Waals surface area contributed by atoms with E-state index in [2.05, 4.69) is 41.8 Å². The Morgan fingerprint density at radius 2 is 1.73 bits per heavy atom. The Bertz CT molecular complexity index is 998. The number of likely N-dealkylation sites (tertiary alicyclic amines) is 1. The van der Waals surface area contributed by atoms with Crippen molar-refractivity contribution in [1.82, 2.24) is 9.62 Å². The highest BCUT2D eigenvalue weighted by Gasteiger charge is 2.24. The van der Waals surface area contributed by atoms with Crippen molar-refractivity contribution in [2.75, 3.05) is 19.6 Å². The molecule has 3 rings (SSSR count). The third-order valence-corrected chi connectivity index (χ3v) is 7.06. The second-order valence-electron chi connectivity index (χ2n) is 7.81. The van der Waals surface area contributed by atoms with E-state index < -0.39 is 10.0 Å². The summed E-state index contributed by atoms with van der Waals surface area (Å²) in [5.41, 5.74) is 3.15. The molecule has 1 aliphatic heterocycles. The number of amides is 1. The number of sulfonamides is 1. The number of aryl methyl sites for hydroxylation is 2. The molecule has 30 heavy (non-hydrogen) atoms. The molecule has 1 N–H and O–H groups in total. The molecule has 0 atom stereocenters. The summed E-state index contributed by atoms with van der Waals surface area (Å²) in [7, 11) is -3.65. The van der Waals surface area contributed by atoms with Crippen LogP contribution in [0.4, 0.5) is 0 Å². The molecule has 158 valence electrons. The van der Waals surface area contributed by atoms with E-state index in [1.807, 2.05) is 4.90 Å². The minimum Gasteiger partial charge on any atom is -0.339 e. The van der Waals surface area contributed by atoms with Crippen LogP contribution in [0.3, 0.4) is 0 Å². The minimum atomic E-state index is -3.65. The zero-order chi connectivity index (χ0) is 21.6. The van der Waals surface area contributed by atoms with Gasteiger partial charge in [-0.1, -0.05) is 35.7 Å². The molecule has 1 aliphatic rings. The van der Waals surface area contributed by atoms with Gasteiger partial charge in [-0.2, -0.15) is 4.72 Å². The molecule has 0 aromatic heterocycles. The molecule has 5 nitrogen and oxygen atoms in total. The molecular formula is C24H28N2O3S. The van der Waals surface area contributed by atoms with E-state index >= 15 is 0 Å². The van der Waals surface area contributed by atoms with Crippen LogP contribution >= 0.6 is 0 Å². The molecule has 2 aromatic rings. The monoisotopic (exact) mass is 424 g/mol. The maximum atomic E-state index is 12.8. The van der Waals surface area contributed by atoms with Crippen LogP contribution in [0.15, 0.2) is 53.4 Å². The van der Waals surface area contributed by atoms with Gasteiger partial charge in [-0.3, -0.25) is 4.79 Å². The maximum absolute atomic E-state index is 12.8. The average Bonchev–Trinajstić information content (AvgIpc) is 2.77.